The summed E-state index contributed by atoms with van der Waals surface area (Å²) in [5.41, 5.74) is 0.762. The highest BCUT2D eigenvalue weighted by Crippen LogP contribution is 2.41. The van der Waals surface area contributed by atoms with E-state index in [0.29, 0.717) is 22.3 Å². The first kappa shape index (κ1) is 24.8. The summed E-state index contributed by atoms with van der Waals surface area (Å²) in [6.45, 7) is 2.59. The number of thioether (sulfide) groups is 1. The van der Waals surface area contributed by atoms with Crippen LogP contribution in [0.3, 0.4) is 0 Å². The molecule has 2 amide bonds. The predicted octanol–water partition coefficient (Wildman–Crippen LogP) is 2.84. The first-order valence-electron chi connectivity index (χ1n) is 9.63. The number of allylic oxidation sites excluding steroid dienone is 1. The van der Waals surface area contributed by atoms with Crippen molar-refractivity contribution in [3.63, 3.8) is 0 Å². The SMILES string of the molecule is CCCCNC(=O)CSC1=C(C#N)[C@@H](c2ccc(OC)c(Br)c2)[C@H](C(=O)OC)C(=O)N1. The van der Waals surface area contributed by atoms with Crippen LogP contribution in [0.25, 0.3) is 0 Å². The Morgan fingerprint density at radius 3 is 2.68 bits per heavy atom. The highest BCUT2D eigenvalue weighted by molar-refractivity contribution is 9.10. The zero-order chi connectivity index (χ0) is 23.0. The fraction of sp³-hybridized carbons (Fsp3) is 0.429. The van der Waals surface area contributed by atoms with Gasteiger partial charge in [-0.3, -0.25) is 14.4 Å². The van der Waals surface area contributed by atoms with Gasteiger partial charge in [-0.25, -0.2) is 0 Å². The van der Waals surface area contributed by atoms with Gasteiger partial charge in [-0.2, -0.15) is 5.26 Å². The zero-order valence-electron chi connectivity index (χ0n) is 17.5. The number of halogens is 1. The molecule has 10 heteroatoms. The molecule has 0 fully saturated rings. The average Bonchev–Trinajstić information content (AvgIpc) is 2.76. The van der Waals surface area contributed by atoms with Crippen LogP contribution in [0.2, 0.25) is 0 Å². The molecule has 1 aromatic rings. The molecule has 0 radical (unpaired) electrons. The quantitative estimate of drug-likeness (QED) is 0.298. The highest BCUT2D eigenvalue weighted by Gasteiger charge is 2.44. The smallest absolute Gasteiger partial charge is 0.319 e. The van der Waals surface area contributed by atoms with Crippen molar-refractivity contribution in [3.8, 4) is 11.8 Å². The predicted molar refractivity (Wildman–Crippen MR) is 120 cm³/mol. The van der Waals surface area contributed by atoms with E-state index >= 15 is 0 Å². The first-order valence-corrected chi connectivity index (χ1v) is 11.4. The minimum atomic E-state index is -1.23. The van der Waals surface area contributed by atoms with Crippen molar-refractivity contribution >= 4 is 45.5 Å². The first-order chi connectivity index (χ1) is 14.9. The molecule has 0 saturated heterocycles. The van der Waals surface area contributed by atoms with Gasteiger partial charge in [0.2, 0.25) is 11.8 Å². The number of nitrogens with one attached hydrogen (secondary N) is 2. The van der Waals surface area contributed by atoms with Gasteiger partial charge in [0.1, 0.15) is 11.7 Å². The van der Waals surface area contributed by atoms with Gasteiger partial charge in [-0.15, -0.1) is 0 Å². The van der Waals surface area contributed by atoms with Crippen molar-refractivity contribution in [1.82, 2.24) is 10.6 Å². The molecule has 2 atom stereocenters. The summed E-state index contributed by atoms with van der Waals surface area (Å²) in [6.07, 6.45) is 1.83. The Bertz CT molecular complexity index is 928. The maximum Gasteiger partial charge on any atom is 0.319 e. The van der Waals surface area contributed by atoms with E-state index in [1.165, 1.54) is 14.2 Å². The summed E-state index contributed by atoms with van der Waals surface area (Å²) < 4.78 is 10.7. The molecule has 2 N–H and O–H groups in total. The lowest BCUT2D eigenvalue weighted by molar-refractivity contribution is -0.150. The van der Waals surface area contributed by atoms with Crippen molar-refractivity contribution in [3.05, 3.63) is 38.8 Å². The van der Waals surface area contributed by atoms with E-state index in [4.69, 9.17) is 9.47 Å². The molecule has 0 saturated carbocycles. The molecule has 1 aromatic carbocycles. The monoisotopic (exact) mass is 509 g/mol. The van der Waals surface area contributed by atoms with Gasteiger partial charge in [0, 0.05) is 12.5 Å². The molecular formula is C21H24BrN3O5S. The molecule has 0 bridgehead atoms. The number of hydrogen-bond acceptors (Lipinski definition) is 7. The molecule has 1 aliphatic rings. The fourth-order valence-electron chi connectivity index (χ4n) is 3.15. The zero-order valence-corrected chi connectivity index (χ0v) is 19.9. The third kappa shape index (κ3) is 6.02. The average molecular weight is 510 g/mol. The number of carbonyl (C=O) groups excluding carboxylic acids is 3. The second kappa shape index (κ2) is 11.8. The van der Waals surface area contributed by atoms with Crippen LogP contribution in [0.1, 0.15) is 31.2 Å². The molecule has 166 valence electrons. The van der Waals surface area contributed by atoms with Crippen molar-refractivity contribution in [1.29, 1.82) is 5.26 Å². The molecule has 31 heavy (non-hydrogen) atoms. The lowest BCUT2D eigenvalue weighted by atomic mass is 9.78. The molecule has 1 aliphatic heterocycles. The Morgan fingerprint density at radius 1 is 1.35 bits per heavy atom. The van der Waals surface area contributed by atoms with Gasteiger partial charge in [-0.05, 0) is 40.0 Å². The lowest BCUT2D eigenvalue weighted by Crippen LogP contribution is -2.44. The van der Waals surface area contributed by atoms with Gasteiger partial charge < -0.3 is 20.1 Å². The van der Waals surface area contributed by atoms with Crippen LogP contribution in [-0.2, 0) is 19.1 Å². The number of esters is 1. The summed E-state index contributed by atoms with van der Waals surface area (Å²) in [4.78, 5) is 37.3. The summed E-state index contributed by atoms with van der Waals surface area (Å²) in [5.74, 6) is -3.02. The number of methoxy groups -OCH3 is 2. The van der Waals surface area contributed by atoms with E-state index in [1.807, 2.05) is 6.92 Å². The van der Waals surface area contributed by atoms with Crippen LogP contribution < -0.4 is 15.4 Å². The molecular weight excluding hydrogens is 486 g/mol. The van der Waals surface area contributed by atoms with Crippen LogP contribution >= 0.6 is 27.7 Å². The van der Waals surface area contributed by atoms with Gasteiger partial charge >= 0.3 is 5.97 Å². The lowest BCUT2D eigenvalue weighted by Gasteiger charge is -2.31. The van der Waals surface area contributed by atoms with Crippen molar-refractivity contribution in [2.45, 2.75) is 25.7 Å². The maximum absolute atomic E-state index is 12.8. The van der Waals surface area contributed by atoms with Crippen molar-refractivity contribution < 1.29 is 23.9 Å². The third-order valence-corrected chi connectivity index (χ3v) is 6.36. The highest BCUT2D eigenvalue weighted by atomic mass is 79.9. The molecule has 8 nitrogen and oxygen atoms in total. The number of rotatable bonds is 9. The molecule has 0 unspecified atom stereocenters. The molecule has 0 spiro atoms. The minimum Gasteiger partial charge on any atom is -0.496 e. The second-order valence-electron chi connectivity index (χ2n) is 6.71. The van der Waals surface area contributed by atoms with Gasteiger partial charge in [0.05, 0.1) is 41.1 Å². The summed E-state index contributed by atoms with van der Waals surface area (Å²) >= 11 is 4.46. The number of carbonyl (C=O) groups is 3. The number of ether oxygens (including phenoxy) is 2. The standard InChI is InChI=1S/C21H24BrN3O5S/c1-4-5-8-24-16(26)11-31-20-13(10-23)17(18(19(27)25-20)21(28)30-3)12-6-7-15(29-2)14(22)9-12/h6-7,9,17-18H,4-5,8,11H2,1-3H3,(H,24,26)(H,25,27)/t17-,18+/m1/s1. The van der Waals surface area contributed by atoms with Gasteiger partial charge in [0.25, 0.3) is 0 Å². The van der Waals surface area contributed by atoms with Crippen molar-refractivity contribution in [2.75, 3.05) is 26.5 Å². The van der Waals surface area contributed by atoms with Crippen LogP contribution in [0.15, 0.2) is 33.3 Å². The third-order valence-electron chi connectivity index (χ3n) is 4.72. The number of benzene rings is 1. The summed E-state index contributed by atoms with van der Waals surface area (Å²) in [6, 6.07) is 7.20. The van der Waals surface area contributed by atoms with E-state index < -0.39 is 23.7 Å². The number of nitriles is 1. The molecule has 0 aliphatic carbocycles. The normalized spacial score (nSPS) is 18.1. The van der Waals surface area contributed by atoms with Crippen molar-refractivity contribution in [2.24, 2.45) is 5.92 Å². The molecule has 2 rings (SSSR count). The Balaban J connectivity index is 2.42. The number of unbranched alkanes of at least 4 members (excludes halogenated alkanes) is 1. The number of nitrogens with zero attached hydrogens (tertiary/aromatic N) is 1. The van der Waals surface area contributed by atoms with E-state index in [2.05, 4.69) is 32.6 Å². The van der Waals surface area contributed by atoms with E-state index in [1.54, 1.807) is 18.2 Å². The van der Waals surface area contributed by atoms with Gasteiger partial charge in [0.15, 0.2) is 0 Å². The summed E-state index contributed by atoms with van der Waals surface area (Å²) in [7, 11) is 2.71. The topological polar surface area (TPSA) is 118 Å². The van der Waals surface area contributed by atoms with Crippen LogP contribution in [0, 0.1) is 17.2 Å². The number of hydrogen-bond donors (Lipinski definition) is 2. The second-order valence-corrected chi connectivity index (χ2v) is 8.55. The number of amides is 2. The van der Waals surface area contributed by atoms with Gasteiger partial charge in [-0.1, -0.05) is 31.2 Å². The van der Waals surface area contributed by atoms with Crippen LogP contribution in [0.5, 0.6) is 5.75 Å². The fourth-order valence-corrected chi connectivity index (χ4v) is 4.59. The molecule has 1 heterocycles. The van der Waals surface area contributed by atoms with E-state index in [0.717, 1.165) is 24.6 Å². The van der Waals surface area contributed by atoms with E-state index in [-0.39, 0.29) is 22.3 Å². The summed E-state index contributed by atoms with van der Waals surface area (Å²) in [5, 5.41) is 15.6. The van der Waals surface area contributed by atoms with E-state index in [9.17, 15) is 19.6 Å². The van der Waals surface area contributed by atoms with Crippen LogP contribution in [0.4, 0.5) is 0 Å². The Kier molecular flexibility index (Phi) is 9.40. The molecule has 0 aromatic heterocycles. The largest absolute Gasteiger partial charge is 0.496 e. The Morgan fingerprint density at radius 2 is 2.10 bits per heavy atom. The maximum atomic E-state index is 12.8. The minimum absolute atomic E-state index is 0.0342. The Labute approximate surface area is 193 Å². The van der Waals surface area contributed by atoms with Crippen LogP contribution in [-0.4, -0.2) is 44.3 Å². The Hall–Kier alpha value is -2.51.